The molecule has 0 aromatic rings. The highest BCUT2D eigenvalue weighted by Gasteiger charge is 2.16. The number of nitrogens with one attached hydrogen (secondary N) is 2. The molecule has 0 bridgehead atoms. The van der Waals surface area contributed by atoms with Crippen molar-refractivity contribution in [3.63, 3.8) is 0 Å². The molecule has 3 amide bonds. The fourth-order valence-corrected chi connectivity index (χ4v) is 2.62. The summed E-state index contributed by atoms with van der Waals surface area (Å²) in [6.45, 7) is 0. The summed E-state index contributed by atoms with van der Waals surface area (Å²) in [5.74, 6) is 2.05. The van der Waals surface area contributed by atoms with Crippen LogP contribution in [-0.4, -0.2) is 35.4 Å². The fraction of sp³-hybridized carbons (Fsp3) is 0.778. The van der Waals surface area contributed by atoms with Gasteiger partial charge in [-0.25, -0.2) is 4.79 Å². The number of alkyl halides is 1. The van der Waals surface area contributed by atoms with Gasteiger partial charge in [0.25, 0.3) is 0 Å². The molecule has 0 aliphatic carbocycles. The van der Waals surface area contributed by atoms with Crippen LogP contribution < -0.4 is 10.6 Å². The van der Waals surface area contributed by atoms with Gasteiger partial charge in [-0.2, -0.15) is 11.8 Å². The van der Waals surface area contributed by atoms with Crippen LogP contribution in [0.4, 0.5) is 4.79 Å². The van der Waals surface area contributed by atoms with Crippen LogP contribution in [0.1, 0.15) is 19.3 Å². The quantitative estimate of drug-likeness (QED) is 0.744. The monoisotopic (exact) mass is 250 g/mol. The maximum absolute atomic E-state index is 11.3. The highest BCUT2D eigenvalue weighted by atomic mass is 35.5. The molecule has 0 aromatic carbocycles. The summed E-state index contributed by atoms with van der Waals surface area (Å²) >= 11 is 7.27. The van der Waals surface area contributed by atoms with Crippen molar-refractivity contribution >= 4 is 35.3 Å². The Kier molecular flexibility index (Phi) is 5.86. The minimum Gasteiger partial charge on any atom is -0.335 e. The molecule has 1 fully saturated rings. The number of urea groups is 1. The molecule has 4 nitrogen and oxygen atoms in total. The molecule has 0 saturated carbocycles. The lowest BCUT2D eigenvalue weighted by atomic mass is 10.2. The second-order valence-corrected chi connectivity index (χ2v) is 4.95. The SMILES string of the molecule is O=C(CCCl)NC(=O)NC1CCSCC1. The Labute approximate surface area is 98.5 Å². The Bertz CT molecular complexity index is 232. The maximum atomic E-state index is 11.3. The fourth-order valence-electron chi connectivity index (χ4n) is 1.34. The Morgan fingerprint density at radius 3 is 2.60 bits per heavy atom. The predicted octanol–water partition coefficient (Wildman–Crippen LogP) is 1.34. The standard InChI is InChI=1S/C9H15ClN2O2S/c10-4-1-8(13)12-9(14)11-7-2-5-15-6-3-7/h7H,1-6H2,(H2,11,12,13,14). The summed E-state index contributed by atoms with van der Waals surface area (Å²) in [5, 5.41) is 5.03. The third-order valence-electron chi connectivity index (χ3n) is 2.13. The van der Waals surface area contributed by atoms with E-state index in [4.69, 9.17) is 11.6 Å². The van der Waals surface area contributed by atoms with Gasteiger partial charge in [0.2, 0.25) is 5.91 Å². The van der Waals surface area contributed by atoms with Gasteiger partial charge in [0, 0.05) is 18.3 Å². The van der Waals surface area contributed by atoms with Crippen LogP contribution in [0.3, 0.4) is 0 Å². The van der Waals surface area contributed by atoms with E-state index in [1.165, 1.54) is 0 Å². The number of carbonyl (C=O) groups is 2. The van der Waals surface area contributed by atoms with Crippen LogP contribution in [0.25, 0.3) is 0 Å². The maximum Gasteiger partial charge on any atom is 0.321 e. The van der Waals surface area contributed by atoms with Crippen LogP contribution in [0, 0.1) is 0 Å². The molecule has 0 aromatic heterocycles. The van der Waals surface area contributed by atoms with Crippen molar-refractivity contribution in [1.29, 1.82) is 0 Å². The van der Waals surface area contributed by atoms with Crippen LogP contribution >= 0.6 is 23.4 Å². The predicted molar refractivity (Wildman–Crippen MR) is 62.4 cm³/mol. The number of thioether (sulfide) groups is 1. The van der Waals surface area contributed by atoms with Gasteiger partial charge in [0.05, 0.1) is 0 Å². The topological polar surface area (TPSA) is 58.2 Å². The van der Waals surface area contributed by atoms with E-state index in [9.17, 15) is 9.59 Å². The van der Waals surface area contributed by atoms with Crippen LogP contribution in [0.15, 0.2) is 0 Å². The molecule has 86 valence electrons. The van der Waals surface area contributed by atoms with E-state index in [1.54, 1.807) is 0 Å². The molecule has 2 N–H and O–H groups in total. The Morgan fingerprint density at radius 2 is 2.00 bits per heavy atom. The van der Waals surface area contributed by atoms with E-state index in [0.717, 1.165) is 24.3 Å². The first-order chi connectivity index (χ1) is 7.22. The number of rotatable bonds is 3. The smallest absolute Gasteiger partial charge is 0.321 e. The summed E-state index contributed by atoms with van der Waals surface area (Å²) < 4.78 is 0. The number of amides is 3. The minimum absolute atomic E-state index is 0.176. The zero-order chi connectivity index (χ0) is 11.1. The molecule has 6 heteroatoms. The largest absolute Gasteiger partial charge is 0.335 e. The molecular weight excluding hydrogens is 236 g/mol. The van der Waals surface area contributed by atoms with Crippen LogP contribution in [0.5, 0.6) is 0 Å². The molecule has 0 spiro atoms. The van der Waals surface area contributed by atoms with Gasteiger partial charge in [-0.1, -0.05) is 0 Å². The number of halogens is 1. The summed E-state index contributed by atoms with van der Waals surface area (Å²) in [7, 11) is 0. The summed E-state index contributed by atoms with van der Waals surface area (Å²) in [5.41, 5.74) is 0. The zero-order valence-electron chi connectivity index (χ0n) is 8.42. The lowest BCUT2D eigenvalue weighted by molar-refractivity contribution is -0.119. The zero-order valence-corrected chi connectivity index (χ0v) is 10.00. The molecule has 0 unspecified atom stereocenters. The van der Waals surface area contributed by atoms with E-state index >= 15 is 0 Å². The van der Waals surface area contributed by atoms with Gasteiger partial charge < -0.3 is 5.32 Å². The molecule has 1 rings (SSSR count). The van der Waals surface area contributed by atoms with Crippen molar-refractivity contribution < 1.29 is 9.59 Å². The van der Waals surface area contributed by atoms with Gasteiger partial charge >= 0.3 is 6.03 Å². The third kappa shape index (κ3) is 5.28. The summed E-state index contributed by atoms with van der Waals surface area (Å²) in [6.07, 6.45) is 2.12. The van der Waals surface area contributed by atoms with E-state index in [2.05, 4.69) is 10.6 Å². The van der Waals surface area contributed by atoms with E-state index < -0.39 is 6.03 Å². The summed E-state index contributed by atoms with van der Waals surface area (Å²) in [4.78, 5) is 22.3. The van der Waals surface area contributed by atoms with Crippen molar-refractivity contribution in [3.05, 3.63) is 0 Å². The van der Waals surface area contributed by atoms with Gasteiger partial charge in [0.15, 0.2) is 0 Å². The molecule has 0 radical (unpaired) electrons. The van der Waals surface area contributed by atoms with Crippen molar-refractivity contribution in [2.45, 2.75) is 25.3 Å². The normalized spacial score (nSPS) is 17.1. The minimum atomic E-state index is -0.401. The van der Waals surface area contributed by atoms with Gasteiger partial charge in [-0.3, -0.25) is 10.1 Å². The molecule has 0 atom stereocenters. The molecule has 15 heavy (non-hydrogen) atoms. The average Bonchev–Trinajstić information content (AvgIpc) is 2.19. The van der Waals surface area contributed by atoms with Crippen LogP contribution in [0.2, 0.25) is 0 Å². The van der Waals surface area contributed by atoms with E-state index in [0.29, 0.717) is 0 Å². The Hall–Kier alpha value is -0.420. The molecule has 1 saturated heterocycles. The Morgan fingerprint density at radius 1 is 1.33 bits per heavy atom. The van der Waals surface area contributed by atoms with Crippen molar-refractivity contribution in [1.82, 2.24) is 10.6 Å². The summed E-state index contributed by atoms with van der Waals surface area (Å²) in [6, 6.07) is -0.197. The van der Waals surface area contributed by atoms with Gasteiger partial charge in [-0.05, 0) is 24.3 Å². The Balaban J connectivity index is 2.19. The number of carbonyl (C=O) groups excluding carboxylic acids is 2. The first-order valence-electron chi connectivity index (χ1n) is 4.96. The second-order valence-electron chi connectivity index (χ2n) is 3.35. The molecule has 1 aliphatic heterocycles. The number of imide groups is 1. The lowest BCUT2D eigenvalue weighted by Gasteiger charge is -2.22. The van der Waals surface area contributed by atoms with Gasteiger partial charge in [-0.15, -0.1) is 11.6 Å². The molecule has 1 aliphatic rings. The lowest BCUT2D eigenvalue weighted by Crippen LogP contribution is -2.45. The highest BCUT2D eigenvalue weighted by molar-refractivity contribution is 7.99. The number of hydrogen-bond donors (Lipinski definition) is 2. The number of hydrogen-bond acceptors (Lipinski definition) is 3. The van der Waals surface area contributed by atoms with Crippen molar-refractivity contribution in [2.24, 2.45) is 0 Å². The van der Waals surface area contributed by atoms with Crippen LogP contribution in [-0.2, 0) is 4.79 Å². The molecular formula is C9H15ClN2O2S. The van der Waals surface area contributed by atoms with E-state index in [1.807, 2.05) is 11.8 Å². The van der Waals surface area contributed by atoms with Crippen molar-refractivity contribution in [3.8, 4) is 0 Å². The first kappa shape index (κ1) is 12.6. The molecule has 1 heterocycles. The van der Waals surface area contributed by atoms with E-state index in [-0.39, 0.29) is 24.2 Å². The highest BCUT2D eigenvalue weighted by Crippen LogP contribution is 2.16. The second kappa shape index (κ2) is 6.95. The third-order valence-corrected chi connectivity index (χ3v) is 3.37. The average molecular weight is 251 g/mol. The first-order valence-corrected chi connectivity index (χ1v) is 6.65. The van der Waals surface area contributed by atoms with Gasteiger partial charge in [0.1, 0.15) is 0 Å². The van der Waals surface area contributed by atoms with Crippen molar-refractivity contribution in [2.75, 3.05) is 17.4 Å².